The average Bonchev–Trinajstić information content (AvgIpc) is 2.52. The molecule has 6 heteroatoms. The first kappa shape index (κ1) is 18.4. The molecule has 0 radical (unpaired) electrons. The van der Waals surface area contributed by atoms with E-state index in [9.17, 15) is 10.1 Å². The van der Waals surface area contributed by atoms with Crippen molar-refractivity contribution in [1.82, 2.24) is 0 Å². The Morgan fingerprint density at radius 3 is 2.36 bits per heavy atom. The number of methoxy groups -OCH3 is 1. The zero-order chi connectivity index (χ0) is 18.8. The van der Waals surface area contributed by atoms with E-state index in [1.54, 1.807) is 59.1 Å². The number of carbonyl (C=O) groups excluding carboxylic acids is 1. The largest absolute Gasteiger partial charge is 0.497 e. The molecule has 1 heterocycles. The van der Waals surface area contributed by atoms with Crippen LogP contribution < -0.4 is 10.5 Å². The van der Waals surface area contributed by atoms with E-state index in [1.165, 1.54) is 0 Å². The molecule has 132 valence electrons. The second kappa shape index (κ2) is 6.89. The van der Waals surface area contributed by atoms with E-state index in [0.29, 0.717) is 11.5 Å². The van der Waals surface area contributed by atoms with Crippen LogP contribution in [0.4, 0.5) is 0 Å². The zero-order valence-electron chi connectivity index (χ0n) is 15.0. The molecule has 0 aliphatic carbocycles. The molecule has 0 saturated heterocycles. The number of benzene rings is 1. The first-order chi connectivity index (χ1) is 11.7. The van der Waals surface area contributed by atoms with Gasteiger partial charge in [0.25, 0.3) is 0 Å². The van der Waals surface area contributed by atoms with Gasteiger partial charge in [0.1, 0.15) is 28.8 Å². The number of nitrogens with two attached hydrogens (primary N) is 1. The third-order valence-corrected chi connectivity index (χ3v) is 3.67. The molecule has 25 heavy (non-hydrogen) atoms. The summed E-state index contributed by atoms with van der Waals surface area (Å²) in [6.07, 6.45) is 0. The third-order valence-electron chi connectivity index (χ3n) is 3.67. The van der Waals surface area contributed by atoms with Crippen molar-refractivity contribution in [2.24, 2.45) is 5.73 Å². The van der Waals surface area contributed by atoms with Crippen molar-refractivity contribution in [2.45, 2.75) is 39.2 Å². The summed E-state index contributed by atoms with van der Waals surface area (Å²) in [5, 5.41) is 9.55. The molecule has 1 aromatic rings. The van der Waals surface area contributed by atoms with Gasteiger partial charge in [-0.1, -0.05) is 12.1 Å². The number of esters is 1. The number of rotatable bonds is 3. The lowest BCUT2D eigenvalue weighted by molar-refractivity contribution is -0.150. The van der Waals surface area contributed by atoms with Crippen LogP contribution in [-0.4, -0.2) is 18.7 Å². The summed E-state index contributed by atoms with van der Waals surface area (Å²) in [6.45, 7) is 6.98. The molecule has 0 fully saturated rings. The minimum Gasteiger partial charge on any atom is -0.497 e. The molecule has 0 unspecified atom stereocenters. The lowest BCUT2D eigenvalue weighted by Gasteiger charge is -2.29. The van der Waals surface area contributed by atoms with Crippen LogP contribution in [-0.2, 0) is 14.3 Å². The highest BCUT2D eigenvalue weighted by Crippen LogP contribution is 2.40. The van der Waals surface area contributed by atoms with Crippen molar-refractivity contribution in [3.8, 4) is 11.8 Å². The Morgan fingerprint density at radius 2 is 1.88 bits per heavy atom. The first-order valence-corrected chi connectivity index (χ1v) is 7.83. The van der Waals surface area contributed by atoms with Gasteiger partial charge in [-0.15, -0.1) is 0 Å². The predicted octanol–water partition coefficient (Wildman–Crippen LogP) is 3.12. The van der Waals surface area contributed by atoms with Gasteiger partial charge < -0.3 is 19.9 Å². The quantitative estimate of drug-likeness (QED) is 0.848. The molecule has 1 aliphatic heterocycles. The lowest BCUT2D eigenvalue weighted by atomic mass is 9.83. The summed E-state index contributed by atoms with van der Waals surface area (Å²) < 4.78 is 16.1. The number of nitriles is 1. The van der Waals surface area contributed by atoms with E-state index in [0.717, 1.165) is 5.56 Å². The molecule has 6 nitrogen and oxygen atoms in total. The Morgan fingerprint density at radius 1 is 1.28 bits per heavy atom. The maximum atomic E-state index is 12.7. The van der Waals surface area contributed by atoms with Gasteiger partial charge in [-0.05, 0) is 45.4 Å². The lowest BCUT2D eigenvalue weighted by Crippen LogP contribution is -2.30. The average molecular weight is 342 g/mol. The molecular weight excluding hydrogens is 320 g/mol. The van der Waals surface area contributed by atoms with Crippen molar-refractivity contribution >= 4 is 5.97 Å². The molecule has 2 rings (SSSR count). The van der Waals surface area contributed by atoms with E-state index >= 15 is 0 Å². The third kappa shape index (κ3) is 3.94. The van der Waals surface area contributed by atoms with E-state index in [2.05, 4.69) is 6.07 Å². The summed E-state index contributed by atoms with van der Waals surface area (Å²) >= 11 is 0. The topological polar surface area (TPSA) is 94.6 Å². The second-order valence-corrected chi connectivity index (χ2v) is 6.67. The van der Waals surface area contributed by atoms with Gasteiger partial charge in [0.2, 0.25) is 5.88 Å². The van der Waals surface area contributed by atoms with Gasteiger partial charge in [0.05, 0.1) is 18.6 Å². The maximum Gasteiger partial charge on any atom is 0.338 e. The molecular formula is C19H22N2O4. The van der Waals surface area contributed by atoms with Gasteiger partial charge in [0, 0.05) is 0 Å². The molecule has 0 bridgehead atoms. The second-order valence-electron chi connectivity index (χ2n) is 6.67. The molecule has 1 aromatic carbocycles. The van der Waals surface area contributed by atoms with Gasteiger partial charge in [0.15, 0.2) is 0 Å². The van der Waals surface area contributed by atoms with Crippen LogP contribution >= 0.6 is 0 Å². The first-order valence-electron chi connectivity index (χ1n) is 7.83. The van der Waals surface area contributed by atoms with Crippen molar-refractivity contribution in [1.29, 1.82) is 5.26 Å². The SMILES string of the molecule is COc1ccc([C@H]2C(C#N)=C(N)OC(C)=C2C(=O)OC(C)(C)C)cc1. The fraction of sp³-hybridized carbons (Fsp3) is 0.368. The maximum absolute atomic E-state index is 12.7. The highest BCUT2D eigenvalue weighted by atomic mass is 16.6. The van der Waals surface area contributed by atoms with E-state index in [-0.39, 0.29) is 17.0 Å². The normalized spacial score (nSPS) is 17.7. The summed E-state index contributed by atoms with van der Waals surface area (Å²) in [4.78, 5) is 12.7. The van der Waals surface area contributed by atoms with Crippen molar-refractivity contribution in [3.05, 3.63) is 52.6 Å². The summed E-state index contributed by atoms with van der Waals surface area (Å²) in [5.74, 6) is -0.198. The van der Waals surface area contributed by atoms with Crippen LogP contribution in [0.1, 0.15) is 39.2 Å². The van der Waals surface area contributed by atoms with Gasteiger partial charge >= 0.3 is 5.97 Å². The summed E-state index contributed by atoms with van der Waals surface area (Å²) in [7, 11) is 1.57. The Labute approximate surface area is 147 Å². The fourth-order valence-electron chi connectivity index (χ4n) is 2.61. The van der Waals surface area contributed by atoms with Crippen molar-refractivity contribution in [2.75, 3.05) is 7.11 Å². The van der Waals surface area contributed by atoms with Gasteiger partial charge in [-0.3, -0.25) is 0 Å². The van der Waals surface area contributed by atoms with Crippen LogP contribution in [0.25, 0.3) is 0 Å². The van der Waals surface area contributed by atoms with Crippen LogP contribution in [0.15, 0.2) is 47.1 Å². The Hall–Kier alpha value is -2.94. The fourth-order valence-corrected chi connectivity index (χ4v) is 2.61. The Kier molecular flexibility index (Phi) is 5.07. The highest BCUT2D eigenvalue weighted by Gasteiger charge is 2.37. The number of allylic oxidation sites excluding steroid dienone is 2. The number of hydrogen-bond acceptors (Lipinski definition) is 6. The zero-order valence-corrected chi connectivity index (χ0v) is 15.0. The van der Waals surface area contributed by atoms with Crippen LogP contribution in [0.5, 0.6) is 5.75 Å². The molecule has 0 aromatic heterocycles. The molecule has 0 saturated carbocycles. The molecule has 2 N–H and O–H groups in total. The minimum atomic E-state index is -0.672. The number of hydrogen-bond donors (Lipinski definition) is 1. The molecule has 1 atom stereocenters. The minimum absolute atomic E-state index is 0.00636. The van der Waals surface area contributed by atoms with Crippen LogP contribution in [0, 0.1) is 11.3 Å². The monoisotopic (exact) mass is 342 g/mol. The summed E-state index contributed by atoms with van der Waals surface area (Å²) in [5.41, 5.74) is 6.38. The smallest absolute Gasteiger partial charge is 0.338 e. The van der Waals surface area contributed by atoms with Gasteiger partial charge in [-0.25, -0.2) is 4.79 Å². The van der Waals surface area contributed by atoms with Gasteiger partial charge in [-0.2, -0.15) is 5.26 Å². The predicted molar refractivity (Wildman–Crippen MR) is 92.2 cm³/mol. The van der Waals surface area contributed by atoms with Crippen molar-refractivity contribution < 1.29 is 19.0 Å². The highest BCUT2D eigenvalue weighted by molar-refractivity contribution is 5.92. The van der Waals surface area contributed by atoms with E-state index in [1.807, 2.05) is 0 Å². The van der Waals surface area contributed by atoms with E-state index < -0.39 is 17.5 Å². The van der Waals surface area contributed by atoms with Crippen LogP contribution in [0.2, 0.25) is 0 Å². The molecule has 0 amide bonds. The Balaban J connectivity index is 2.55. The number of ether oxygens (including phenoxy) is 3. The Bertz CT molecular complexity index is 777. The van der Waals surface area contributed by atoms with Crippen molar-refractivity contribution in [3.63, 3.8) is 0 Å². The number of nitrogens with zero attached hydrogens (tertiary/aromatic N) is 1. The van der Waals surface area contributed by atoms with E-state index in [4.69, 9.17) is 19.9 Å². The molecule has 1 aliphatic rings. The number of carbonyl (C=O) groups is 1. The standard InChI is InChI=1S/C19H22N2O4/c1-11-15(18(22)25-19(2,3)4)16(14(10-20)17(21)24-11)12-6-8-13(23-5)9-7-12/h6-9,16H,21H2,1-5H3/t16-/m0/s1. The summed E-state index contributed by atoms with van der Waals surface area (Å²) in [6, 6.07) is 9.16. The molecule has 0 spiro atoms. The van der Waals surface area contributed by atoms with Crippen LogP contribution in [0.3, 0.4) is 0 Å².